The van der Waals surface area contributed by atoms with Gasteiger partial charge in [0.2, 0.25) is 0 Å². The van der Waals surface area contributed by atoms with Crippen molar-refractivity contribution in [1.82, 2.24) is 0 Å². The molecule has 0 aliphatic rings. The molecule has 0 unspecified atom stereocenters. The van der Waals surface area contributed by atoms with E-state index in [0.717, 1.165) is 24.6 Å². The summed E-state index contributed by atoms with van der Waals surface area (Å²) in [4.78, 5) is 0. The van der Waals surface area contributed by atoms with Crippen LogP contribution in [-0.2, 0) is 9.84 Å². The van der Waals surface area contributed by atoms with Crippen LogP contribution >= 0.6 is 15.9 Å². The van der Waals surface area contributed by atoms with Crippen LogP contribution in [0.3, 0.4) is 0 Å². The summed E-state index contributed by atoms with van der Waals surface area (Å²) in [6, 6.07) is 0. The van der Waals surface area contributed by atoms with Crippen LogP contribution in [0, 0.1) is 5.41 Å². The molecule has 92 valence electrons. The van der Waals surface area contributed by atoms with Gasteiger partial charge in [-0.3, -0.25) is 0 Å². The van der Waals surface area contributed by atoms with E-state index < -0.39 is 9.84 Å². The molecular weight excluding hydrogens is 276 g/mol. The summed E-state index contributed by atoms with van der Waals surface area (Å²) in [6.45, 7) is 7.77. The van der Waals surface area contributed by atoms with Crippen LogP contribution in [0.15, 0.2) is 0 Å². The quantitative estimate of drug-likeness (QED) is 0.675. The fourth-order valence-corrected chi connectivity index (χ4v) is 3.72. The van der Waals surface area contributed by atoms with Crippen LogP contribution in [0.5, 0.6) is 0 Å². The van der Waals surface area contributed by atoms with Crippen molar-refractivity contribution in [2.75, 3.05) is 11.1 Å². The Kier molecular flexibility index (Phi) is 6.41. The second-order valence-electron chi connectivity index (χ2n) is 4.51. The number of halogens is 1. The van der Waals surface area contributed by atoms with Crippen molar-refractivity contribution in [1.29, 1.82) is 0 Å². The smallest absolute Gasteiger partial charge is 0.152 e. The van der Waals surface area contributed by atoms with Gasteiger partial charge in [-0.1, -0.05) is 29.8 Å². The Hall–Kier alpha value is 0.430. The number of hydrogen-bond acceptors (Lipinski definition) is 2. The predicted molar refractivity (Wildman–Crippen MR) is 70.3 cm³/mol. The van der Waals surface area contributed by atoms with E-state index in [0.29, 0.717) is 5.75 Å². The molecule has 0 rings (SSSR count). The fourth-order valence-electron chi connectivity index (χ4n) is 1.45. The number of alkyl halides is 1. The van der Waals surface area contributed by atoms with Gasteiger partial charge in [0.25, 0.3) is 0 Å². The largest absolute Gasteiger partial charge is 0.229 e. The SMILES string of the molecule is CCC(CC)(CBr)CCS(=O)(=O)C(C)C. The molecule has 2 nitrogen and oxygen atoms in total. The molecule has 4 heteroatoms. The Morgan fingerprint density at radius 1 is 1.20 bits per heavy atom. The van der Waals surface area contributed by atoms with E-state index in [9.17, 15) is 8.42 Å². The average molecular weight is 299 g/mol. The first-order valence-corrected chi connectivity index (χ1v) is 8.44. The van der Waals surface area contributed by atoms with Gasteiger partial charge in [-0.25, -0.2) is 8.42 Å². The van der Waals surface area contributed by atoms with Crippen LogP contribution in [0.2, 0.25) is 0 Å². The molecule has 0 aromatic heterocycles. The van der Waals surface area contributed by atoms with Crippen LogP contribution in [-0.4, -0.2) is 24.8 Å². The Morgan fingerprint density at radius 3 is 1.93 bits per heavy atom. The Morgan fingerprint density at radius 2 is 1.67 bits per heavy atom. The van der Waals surface area contributed by atoms with E-state index in [2.05, 4.69) is 29.8 Å². The zero-order valence-corrected chi connectivity index (χ0v) is 12.6. The maximum absolute atomic E-state index is 11.7. The van der Waals surface area contributed by atoms with Crippen molar-refractivity contribution in [3.8, 4) is 0 Å². The van der Waals surface area contributed by atoms with Crippen LogP contribution < -0.4 is 0 Å². The molecule has 0 atom stereocenters. The number of hydrogen-bond donors (Lipinski definition) is 0. The maximum Gasteiger partial charge on any atom is 0.152 e. The van der Waals surface area contributed by atoms with Crippen molar-refractivity contribution in [2.24, 2.45) is 5.41 Å². The maximum atomic E-state index is 11.7. The standard InChI is InChI=1S/C11H23BrO2S/c1-5-11(6-2,9-12)7-8-15(13,14)10(3)4/h10H,5-9H2,1-4H3. The minimum atomic E-state index is -2.88. The molecule has 0 radical (unpaired) electrons. The van der Waals surface area contributed by atoms with Crippen molar-refractivity contribution in [3.63, 3.8) is 0 Å². The van der Waals surface area contributed by atoms with Crippen LogP contribution in [0.4, 0.5) is 0 Å². The van der Waals surface area contributed by atoms with E-state index >= 15 is 0 Å². The molecule has 0 aliphatic heterocycles. The first-order valence-electron chi connectivity index (χ1n) is 5.61. The average Bonchev–Trinajstić information content (AvgIpc) is 2.20. The normalized spacial score (nSPS) is 13.5. The molecule has 0 bridgehead atoms. The second kappa shape index (κ2) is 6.24. The lowest BCUT2D eigenvalue weighted by atomic mass is 9.82. The molecule has 0 fully saturated rings. The lowest BCUT2D eigenvalue weighted by molar-refractivity contribution is 0.298. The highest BCUT2D eigenvalue weighted by molar-refractivity contribution is 9.09. The molecule has 0 aromatic carbocycles. The summed E-state index contributed by atoms with van der Waals surface area (Å²) in [5.74, 6) is 0.317. The van der Waals surface area contributed by atoms with Gasteiger partial charge in [-0.2, -0.15) is 0 Å². The highest BCUT2D eigenvalue weighted by Crippen LogP contribution is 2.33. The molecule has 0 spiro atoms. The molecule has 0 aromatic rings. The topological polar surface area (TPSA) is 34.1 Å². The zero-order valence-electron chi connectivity index (χ0n) is 10.2. The lowest BCUT2D eigenvalue weighted by Crippen LogP contribution is -2.27. The van der Waals surface area contributed by atoms with Crippen LogP contribution in [0.1, 0.15) is 47.0 Å². The molecule has 0 saturated heterocycles. The predicted octanol–water partition coefficient (Wildman–Crippen LogP) is 3.40. The van der Waals surface area contributed by atoms with Gasteiger partial charge in [-0.05, 0) is 38.5 Å². The minimum absolute atomic E-state index is 0.155. The van der Waals surface area contributed by atoms with E-state index in [1.54, 1.807) is 13.8 Å². The summed E-state index contributed by atoms with van der Waals surface area (Å²) in [5, 5.41) is 0.639. The van der Waals surface area contributed by atoms with Gasteiger partial charge in [-0.15, -0.1) is 0 Å². The Bertz CT molecular complexity index is 258. The van der Waals surface area contributed by atoms with Crippen molar-refractivity contribution in [3.05, 3.63) is 0 Å². The summed E-state index contributed by atoms with van der Waals surface area (Å²) in [5.41, 5.74) is 0.155. The summed E-state index contributed by atoms with van der Waals surface area (Å²) < 4.78 is 23.4. The van der Waals surface area contributed by atoms with Gasteiger partial charge in [0.05, 0.1) is 11.0 Å². The molecular formula is C11H23BrO2S. The zero-order chi connectivity index (χ0) is 12.1. The molecule has 0 heterocycles. The third kappa shape index (κ3) is 4.43. The highest BCUT2D eigenvalue weighted by atomic mass is 79.9. The van der Waals surface area contributed by atoms with Crippen LogP contribution in [0.25, 0.3) is 0 Å². The first kappa shape index (κ1) is 15.4. The molecule has 0 amide bonds. The van der Waals surface area contributed by atoms with Crippen molar-refractivity contribution in [2.45, 2.75) is 52.2 Å². The van der Waals surface area contributed by atoms with Gasteiger partial charge < -0.3 is 0 Å². The molecule has 0 saturated carbocycles. The summed E-state index contributed by atoms with van der Waals surface area (Å²) >= 11 is 3.50. The Labute approximate surface area is 103 Å². The highest BCUT2D eigenvalue weighted by Gasteiger charge is 2.28. The van der Waals surface area contributed by atoms with Crippen molar-refractivity contribution >= 4 is 25.8 Å². The third-order valence-corrected chi connectivity index (χ3v) is 6.82. The van der Waals surface area contributed by atoms with Gasteiger partial charge in [0.15, 0.2) is 9.84 Å². The lowest BCUT2D eigenvalue weighted by Gasteiger charge is -2.29. The van der Waals surface area contributed by atoms with Gasteiger partial charge in [0.1, 0.15) is 0 Å². The first-order chi connectivity index (χ1) is 6.83. The van der Waals surface area contributed by atoms with Gasteiger partial charge in [0, 0.05) is 5.33 Å². The van der Waals surface area contributed by atoms with E-state index in [-0.39, 0.29) is 10.7 Å². The second-order valence-corrected chi connectivity index (χ2v) is 7.74. The Balaban J connectivity index is 4.48. The van der Waals surface area contributed by atoms with E-state index in [1.807, 2.05) is 0 Å². The summed E-state index contributed by atoms with van der Waals surface area (Å²) in [7, 11) is -2.88. The van der Waals surface area contributed by atoms with Crippen molar-refractivity contribution < 1.29 is 8.42 Å². The molecule has 15 heavy (non-hydrogen) atoms. The van der Waals surface area contributed by atoms with E-state index in [1.165, 1.54) is 0 Å². The molecule has 0 aliphatic carbocycles. The monoisotopic (exact) mass is 298 g/mol. The fraction of sp³-hybridized carbons (Fsp3) is 1.00. The molecule has 0 N–H and O–H groups in total. The van der Waals surface area contributed by atoms with Gasteiger partial charge >= 0.3 is 0 Å². The summed E-state index contributed by atoms with van der Waals surface area (Å²) in [6.07, 6.45) is 2.83. The van der Waals surface area contributed by atoms with E-state index in [4.69, 9.17) is 0 Å². The number of sulfone groups is 1. The third-order valence-electron chi connectivity index (χ3n) is 3.42. The number of rotatable bonds is 7. The minimum Gasteiger partial charge on any atom is -0.229 e.